The Morgan fingerprint density at radius 3 is 3.00 bits per heavy atom. The first kappa shape index (κ1) is 10.0. The zero-order valence-electron chi connectivity index (χ0n) is 6.87. The van der Waals surface area contributed by atoms with E-state index in [1.54, 1.807) is 11.3 Å². The highest BCUT2D eigenvalue weighted by Gasteiger charge is 2.04. The summed E-state index contributed by atoms with van der Waals surface area (Å²) < 4.78 is 0. The third-order valence-electron chi connectivity index (χ3n) is 1.69. The van der Waals surface area contributed by atoms with Gasteiger partial charge in [-0.2, -0.15) is 0 Å². The summed E-state index contributed by atoms with van der Waals surface area (Å²) in [5.41, 5.74) is 0. The average Bonchev–Trinajstić information content (AvgIpc) is 2.53. The minimum atomic E-state index is -0.220. The lowest BCUT2D eigenvalue weighted by atomic mass is 10.1. The van der Waals surface area contributed by atoms with E-state index in [0.717, 1.165) is 19.3 Å². The average molecular weight is 205 g/mol. The van der Waals surface area contributed by atoms with Gasteiger partial charge in [0.1, 0.15) is 0 Å². The molecule has 0 fully saturated rings. The van der Waals surface area contributed by atoms with Crippen molar-refractivity contribution < 1.29 is 5.11 Å². The first-order chi connectivity index (χ1) is 5.83. The van der Waals surface area contributed by atoms with Gasteiger partial charge in [0.15, 0.2) is 0 Å². The molecule has 3 heteroatoms. The molecule has 1 rings (SSSR count). The number of rotatable bonds is 5. The van der Waals surface area contributed by atoms with Gasteiger partial charge in [0, 0.05) is 17.2 Å². The van der Waals surface area contributed by atoms with Crippen LogP contribution in [-0.4, -0.2) is 17.1 Å². The van der Waals surface area contributed by atoms with E-state index in [1.165, 1.54) is 4.88 Å². The van der Waals surface area contributed by atoms with Gasteiger partial charge >= 0.3 is 0 Å². The topological polar surface area (TPSA) is 20.2 Å². The second-order valence-corrected chi connectivity index (χ2v) is 4.18. The molecule has 0 spiro atoms. The molecule has 0 aromatic carbocycles. The van der Waals surface area contributed by atoms with Crippen LogP contribution in [0.1, 0.15) is 17.7 Å². The van der Waals surface area contributed by atoms with E-state index in [2.05, 4.69) is 6.07 Å². The van der Waals surface area contributed by atoms with Crippen LogP contribution in [-0.2, 0) is 6.42 Å². The van der Waals surface area contributed by atoms with E-state index in [1.807, 2.05) is 11.4 Å². The van der Waals surface area contributed by atoms with E-state index in [9.17, 15) is 5.11 Å². The predicted octanol–water partition coefficient (Wildman–Crippen LogP) is 2.67. The van der Waals surface area contributed by atoms with Crippen molar-refractivity contribution in [3.05, 3.63) is 22.4 Å². The second kappa shape index (κ2) is 5.57. The number of aliphatic hydroxyl groups is 1. The lowest BCUT2D eigenvalue weighted by Gasteiger charge is -2.06. The summed E-state index contributed by atoms with van der Waals surface area (Å²) in [6.45, 7) is 0. The van der Waals surface area contributed by atoms with Gasteiger partial charge in [-0.3, -0.25) is 0 Å². The summed E-state index contributed by atoms with van der Waals surface area (Å²) in [7, 11) is 0. The first-order valence-electron chi connectivity index (χ1n) is 4.09. The van der Waals surface area contributed by atoms with Crippen LogP contribution in [0.5, 0.6) is 0 Å². The highest BCUT2D eigenvalue weighted by molar-refractivity contribution is 7.09. The molecule has 68 valence electrons. The van der Waals surface area contributed by atoms with Crippen LogP contribution >= 0.6 is 22.9 Å². The van der Waals surface area contributed by atoms with Crippen molar-refractivity contribution >= 4 is 22.9 Å². The molecule has 0 bridgehead atoms. The number of halogens is 1. The Morgan fingerprint density at radius 1 is 1.58 bits per heavy atom. The minimum Gasteiger partial charge on any atom is -0.393 e. The number of hydrogen-bond donors (Lipinski definition) is 1. The lowest BCUT2D eigenvalue weighted by Crippen LogP contribution is -2.09. The maximum absolute atomic E-state index is 9.50. The van der Waals surface area contributed by atoms with Gasteiger partial charge in [-0.25, -0.2) is 0 Å². The molecule has 1 nitrogen and oxygen atoms in total. The summed E-state index contributed by atoms with van der Waals surface area (Å²) in [4.78, 5) is 1.25. The summed E-state index contributed by atoms with van der Waals surface area (Å²) in [6, 6.07) is 4.06. The largest absolute Gasteiger partial charge is 0.393 e. The van der Waals surface area contributed by atoms with Gasteiger partial charge in [-0.05, 0) is 24.3 Å². The summed E-state index contributed by atoms with van der Waals surface area (Å²) in [6.07, 6.45) is 2.26. The van der Waals surface area contributed by atoms with Gasteiger partial charge in [-0.15, -0.1) is 22.9 Å². The molecule has 0 radical (unpaired) electrons. The van der Waals surface area contributed by atoms with Gasteiger partial charge in [0.05, 0.1) is 6.10 Å². The van der Waals surface area contributed by atoms with Gasteiger partial charge in [0.25, 0.3) is 0 Å². The molecule has 0 saturated carbocycles. The van der Waals surface area contributed by atoms with Crippen LogP contribution in [0.25, 0.3) is 0 Å². The van der Waals surface area contributed by atoms with Crippen molar-refractivity contribution in [3.8, 4) is 0 Å². The van der Waals surface area contributed by atoms with Crippen molar-refractivity contribution in [3.63, 3.8) is 0 Å². The quantitative estimate of drug-likeness (QED) is 0.732. The van der Waals surface area contributed by atoms with Crippen LogP contribution in [0, 0.1) is 0 Å². The van der Waals surface area contributed by atoms with Crippen LogP contribution in [0.4, 0.5) is 0 Å². The van der Waals surface area contributed by atoms with Crippen molar-refractivity contribution in [2.75, 3.05) is 5.88 Å². The van der Waals surface area contributed by atoms with E-state index in [-0.39, 0.29) is 6.10 Å². The zero-order chi connectivity index (χ0) is 8.81. The summed E-state index contributed by atoms with van der Waals surface area (Å²) in [5.74, 6) is 0.640. The Balaban J connectivity index is 2.22. The van der Waals surface area contributed by atoms with Gasteiger partial charge in [0.2, 0.25) is 0 Å². The van der Waals surface area contributed by atoms with E-state index in [0.29, 0.717) is 5.88 Å². The Bertz CT molecular complexity index is 198. The number of alkyl halides is 1. The molecule has 1 unspecified atom stereocenters. The highest BCUT2D eigenvalue weighted by Crippen LogP contribution is 2.13. The maximum Gasteiger partial charge on any atom is 0.0588 e. The molecule has 12 heavy (non-hydrogen) atoms. The molecule has 0 aliphatic carbocycles. The van der Waals surface area contributed by atoms with Crippen LogP contribution < -0.4 is 0 Å². The van der Waals surface area contributed by atoms with E-state index in [4.69, 9.17) is 11.6 Å². The van der Waals surface area contributed by atoms with Crippen LogP contribution in [0.3, 0.4) is 0 Å². The first-order valence-corrected chi connectivity index (χ1v) is 5.50. The van der Waals surface area contributed by atoms with Crippen molar-refractivity contribution in [2.45, 2.75) is 25.4 Å². The number of aliphatic hydroxyl groups excluding tert-OH is 1. The molecule has 1 aromatic heterocycles. The lowest BCUT2D eigenvalue weighted by molar-refractivity contribution is 0.165. The molecule has 0 amide bonds. The standard InChI is InChI=1S/C9H13ClOS/c10-5-1-3-8(11)7-9-4-2-6-12-9/h2,4,6,8,11H,1,3,5,7H2. The van der Waals surface area contributed by atoms with E-state index >= 15 is 0 Å². The van der Waals surface area contributed by atoms with Crippen LogP contribution in [0.2, 0.25) is 0 Å². The smallest absolute Gasteiger partial charge is 0.0588 e. The van der Waals surface area contributed by atoms with Gasteiger partial charge < -0.3 is 5.11 Å². The third kappa shape index (κ3) is 3.57. The summed E-state index contributed by atoms with van der Waals surface area (Å²) in [5, 5.41) is 11.5. The van der Waals surface area contributed by atoms with Crippen molar-refractivity contribution in [2.24, 2.45) is 0 Å². The zero-order valence-corrected chi connectivity index (χ0v) is 8.44. The fraction of sp³-hybridized carbons (Fsp3) is 0.556. The monoisotopic (exact) mass is 204 g/mol. The molecule has 1 heterocycles. The van der Waals surface area contributed by atoms with Crippen molar-refractivity contribution in [1.82, 2.24) is 0 Å². The molecular formula is C9H13ClOS. The molecule has 1 N–H and O–H groups in total. The SMILES string of the molecule is OC(CCCCl)Cc1cccs1. The highest BCUT2D eigenvalue weighted by atomic mass is 35.5. The van der Waals surface area contributed by atoms with Gasteiger partial charge in [-0.1, -0.05) is 6.07 Å². The molecule has 1 aromatic rings. The second-order valence-electron chi connectivity index (χ2n) is 2.77. The van der Waals surface area contributed by atoms with Crippen LogP contribution in [0.15, 0.2) is 17.5 Å². The molecular weight excluding hydrogens is 192 g/mol. The number of thiophene rings is 1. The Hall–Kier alpha value is -0.0500. The minimum absolute atomic E-state index is 0.220. The molecule has 0 saturated heterocycles. The Labute approximate surface area is 82.0 Å². The normalized spacial score (nSPS) is 13.2. The molecule has 0 aliphatic rings. The fourth-order valence-corrected chi connectivity index (χ4v) is 2.01. The Kier molecular flexibility index (Phi) is 4.66. The van der Waals surface area contributed by atoms with Crippen molar-refractivity contribution in [1.29, 1.82) is 0 Å². The maximum atomic E-state index is 9.50. The Morgan fingerprint density at radius 2 is 2.42 bits per heavy atom. The van der Waals surface area contributed by atoms with E-state index < -0.39 is 0 Å². The molecule has 1 atom stereocenters. The molecule has 0 aliphatic heterocycles. The predicted molar refractivity (Wildman–Crippen MR) is 54.0 cm³/mol. The summed E-state index contributed by atoms with van der Waals surface area (Å²) >= 11 is 7.21. The third-order valence-corrected chi connectivity index (χ3v) is 2.85. The fourth-order valence-electron chi connectivity index (χ4n) is 1.08. The number of hydrogen-bond acceptors (Lipinski definition) is 2.